The molecule has 6 nitrogen and oxygen atoms in total. The van der Waals surface area contributed by atoms with Crippen LogP contribution in [-0.4, -0.2) is 28.5 Å². The number of halogens is 1. The zero-order valence-corrected chi connectivity index (χ0v) is 17.5. The predicted octanol–water partition coefficient (Wildman–Crippen LogP) is 3.54. The Labute approximate surface area is 170 Å². The third kappa shape index (κ3) is 5.58. The summed E-state index contributed by atoms with van der Waals surface area (Å²) in [6, 6.07) is 11.8. The molecule has 1 atom stereocenters. The number of carbonyl (C=O) groups excluding carboxylic acids is 1. The van der Waals surface area contributed by atoms with Crippen LogP contribution in [0.15, 0.2) is 53.4 Å². The van der Waals surface area contributed by atoms with Crippen LogP contribution in [-0.2, 0) is 14.8 Å². The van der Waals surface area contributed by atoms with Crippen LogP contribution < -0.4 is 14.8 Å². The summed E-state index contributed by atoms with van der Waals surface area (Å²) in [5.74, 6) is -0.0661. The Morgan fingerprint density at radius 2 is 2.00 bits per heavy atom. The summed E-state index contributed by atoms with van der Waals surface area (Å²) < 4.78 is 31.6. The van der Waals surface area contributed by atoms with Gasteiger partial charge in [-0.05, 0) is 54.9 Å². The summed E-state index contributed by atoms with van der Waals surface area (Å²) in [4.78, 5) is 12.3. The van der Waals surface area contributed by atoms with Gasteiger partial charge in [-0.3, -0.25) is 4.79 Å². The van der Waals surface area contributed by atoms with E-state index in [1.807, 2.05) is 25.1 Å². The minimum Gasteiger partial charge on any atom is -0.495 e. The summed E-state index contributed by atoms with van der Waals surface area (Å²) in [5, 5.41) is 3.53. The molecule has 0 aliphatic heterocycles. The molecule has 1 unspecified atom stereocenters. The van der Waals surface area contributed by atoms with Crippen molar-refractivity contribution in [3.63, 3.8) is 0 Å². The van der Waals surface area contributed by atoms with Gasteiger partial charge in [0.2, 0.25) is 15.9 Å². The van der Waals surface area contributed by atoms with Crippen LogP contribution in [0.25, 0.3) is 6.08 Å². The van der Waals surface area contributed by atoms with E-state index in [1.54, 1.807) is 24.3 Å². The van der Waals surface area contributed by atoms with Gasteiger partial charge in [0, 0.05) is 11.1 Å². The van der Waals surface area contributed by atoms with Gasteiger partial charge in [0.15, 0.2) is 0 Å². The van der Waals surface area contributed by atoms with Gasteiger partial charge in [0.05, 0.1) is 13.2 Å². The summed E-state index contributed by atoms with van der Waals surface area (Å²) in [7, 11) is -0.966. The van der Waals surface area contributed by atoms with Gasteiger partial charge < -0.3 is 10.1 Å². The summed E-state index contributed by atoms with van der Waals surface area (Å²) in [5.41, 5.74) is 1.48. The van der Waals surface area contributed by atoms with Crippen LogP contribution in [0.3, 0.4) is 0 Å². The largest absolute Gasteiger partial charge is 0.495 e. The van der Waals surface area contributed by atoms with Gasteiger partial charge in [-0.25, -0.2) is 13.1 Å². The maximum atomic E-state index is 12.3. The fraction of sp³-hybridized carbons (Fsp3) is 0.250. The summed E-state index contributed by atoms with van der Waals surface area (Å²) in [6.07, 6.45) is 3.62. The van der Waals surface area contributed by atoms with Crippen LogP contribution in [0.2, 0.25) is 5.02 Å². The Kier molecular flexibility index (Phi) is 7.62. The quantitative estimate of drug-likeness (QED) is 0.637. The van der Waals surface area contributed by atoms with Crippen molar-refractivity contribution in [1.29, 1.82) is 0 Å². The van der Waals surface area contributed by atoms with Gasteiger partial charge >= 0.3 is 0 Å². The zero-order chi connectivity index (χ0) is 20.7. The summed E-state index contributed by atoms with van der Waals surface area (Å²) >= 11 is 6.02. The molecule has 1 amide bonds. The second-order valence-corrected chi connectivity index (χ2v) is 8.27. The predicted molar refractivity (Wildman–Crippen MR) is 111 cm³/mol. The minimum atomic E-state index is -3.69. The van der Waals surface area contributed by atoms with Gasteiger partial charge in [-0.15, -0.1) is 0 Å². The van der Waals surface area contributed by atoms with Gasteiger partial charge in [-0.1, -0.05) is 36.7 Å². The van der Waals surface area contributed by atoms with Crippen LogP contribution in [0, 0.1) is 0 Å². The molecular weight excluding hydrogens is 400 g/mol. The lowest BCUT2D eigenvalue weighted by molar-refractivity contribution is -0.117. The smallest absolute Gasteiger partial charge is 0.244 e. The van der Waals surface area contributed by atoms with Gasteiger partial charge in [-0.2, -0.15) is 0 Å². The molecule has 28 heavy (non-hydrogen) atoms. The van der Waals surface area contributed by atoms with Crippen molar-refractivity contribution < 1.29 is 17.9 Å². The van der Waals surface area contributed by atoms with Gasteiger partial charge in [0.1, 0.15) is 10.6 Å². The molecule has 8 heteroatoms. The number of carbonyl (C=O) groups is 1. The number of hydrogen-bond acceptors (Lipinski definition) is 4. The lowest BCUT2D eigenvalue weighted by Gasteiger charge is -2.16. The molecule has 0 saturated heterocycles. The van der Waals surface area contributed by atoms with E-state index in [2.05, 4.69) is 10.0 Å². The molecule has 0 bridgehead atoms. The highest BCUT2D eigenvalue weighted by molar-refractivity contribution is 7.89. The number of sulfonamides is 1. The number of methoxy groups -OCH3 is 1. The maximum absolute atomic E-state index is 12.3. The average molecular weight is 423 g/mol. The molecule has 0 aromatic heterocycles. The van der Waals surface area contributed by atoms with Crippen molar-refractivity contribution in [3.8, 4) is 5.75 Å². The number of benzene rings is 2. The maximum Gasteiger partial charge on any atom is 0.244 e. The van der Waals surface area contributed by atoms with Crippen molar-refractivity contribution in [2.24, 2.45) is 0 Å². The summed E-state index contributed by atoms with van der Waals surface area (Å²) in [6.45, 7) is 1.97. The number of rotatable bonds is 8. The Balaban J connectivity index is 2.18. The number of amides is 1. The van der Waals surface area contributed by atoms with E-state index in [1.165, 1.54) is 26.3 Å². The number of hydrogen-bond donors (Lipinski definition) is 2. The highest BCUT2D eigenvalue weighted by atomic mass is 35.5. The van der Waals surface area contributed by atoms with E-state index in [-0.39, 0.29) is 22.6 Å². The molecule has 0 heterocycles. The van der Waals surface area contributed by atoms with E-state index in [9.17, 15) is 13.2 Å². The van der Waals surface area contributed by atoms with Crippen molar-refractivity contribution in [2.75, 3.05) is 14.2 Å². The first-order valence-electron chi connectivity index (χ1n) is 8.66. The van der Waals surface area contributed by atoms with Crippen LogP contribution in [0.1, 0.15) is 30.5 Å². The SMILES string of the molecule is CCC(NC(=O)/C=C/c1ccc(OC)c(S(=O)(=O)NC)c1)c1cccc(Cl)c1. The van der Waals surface area contributed by atoms with Crippen LogP contribution in [0.5, 0.6) is 5.75 Å². The van der Waals surface area contributed by atoms with Crippen molar-refractivity contribution in [1.82, 2.24) is 10.0 Å². The first-order chi connectivity index (χ1) is 13.3. The molecule has 2 aromatic carbocycles. The third-order valence-corrected chi connectivity index (χ3v) is 5.82. The Hall–Kier alpha value is -2.35. The zero-order valence-electron chi connectivity index (χ0n) is 15.9. The van der Waals surface area contributed by atoms with E-state index in [0.717, 1.165) is 5.56 Å². The molecule has 0 radical (unpaired) electrons. The highest BCUT2D eigenvalue weighted by Gasteiger charge is 2.18. The van der Waals surface area contributed by atoms with Gasteiger partial charge in [0.25, 0.3) is 0 Å². The van der Waals surface area contributed by atoms with E-state index in [0.29, 0.717) is 17.0 Å². The second-order valence-electron chi connectivity index (χ2n) is 5.98. The molecule has 0 saturated carbocycles. The van der Waals surface area contributed by atoms with Crippen molar-refractivity contribution >= 4 is 33.6 Å². The Bertz CT molecular complexity index is 974. The fourth-order valence-corrected chi connectivity index (χ4v) is 3.78. The van der Waals surface area contributed by atoms with E-state index >= 15 is 0 Å². The topological polar surface area (TPSA) is 84.5 Å². The molecule has 0 spiro atoms. The molecule has 0 fully saturated rings. The average Bonchev–Trinajstić information content (AvgIpc) is 2.70. The lowest BCUT2D eigenvalue weighted by atomic mass is 10.0. The molecule has 0 aliphatic rings. The minimum absolute atomic E-state index is 0.00502. The van der Waals surface area contributed by atoms with Crippen molar-refractivity contribution in [2.45, 2.75) is 24.3 Å². The number of ether oxygens (including phenoxy) is 1. The Morgan fingerprint density at radius 1 is 1.25 bits per heavy atom. The normalized spacial score (nSPS) is 12.7. The molecule has 150 valence electrons. The molecule has 2 aromatic rings. The Morgan fingerprint density at radius 3 is 2.61 bits per heavy atom. The molecule has 2 rings (SSSR count). The van der Waals surface area contributed by atoms with Crippen LogP contribution in [0.4, 0.5) is 0 Å². The third-order valence-electron chi connectivity index (χ3n) is 4.15. The monoisotopic (exact) mass is 422 g/mol. The van der Waals surface area contributed by atoms with E-state index < -0.39 is 10.0 Å². The first kappa shape index (κ1) is 21.9. The van der Waals surface area contributed by atoms with Crippen molar-refractivity contribution in [3.05, 3.63) is 64.7 Å². The lowest BCUT2D eigenvalue weighted by Crippen LogP contribution is -2.26. The highest BCUT2D eigenvalue weighted by Crippen LogP contribution is 2.25. The van der Waals surface area contributed by atoms with Crippen LogP contribution >= 0.6 is 11.6 Å². The fourth-order valence-electron chi connectivity index (χ4n) is 2.65. The number of nitrogens with one attached hydrogen (secondary N) is 2. The molecule has 2 N–H and O–H groups in total. The molecule has 0 aliphatic carbocycles. The molecular formula is C20H23ClN2O4S. The second kappa shape index (κ2) is 9.73. The van der Waals surface area contributed by atoms with E-state index in [4.69, 9.17) is 16.3 Å². The first-order valence-corrected chi connectivity index (χ1v) is 10.5. The standard InChI is InChI=1S/C20H23ClN2O4S/c1-4-17(15-6-5-7-16(21)13-15)23-20(24)11-9-14-8-10-18(27-3)19(12-14)28(25,26)22-2/h5-13,17,22H,4H2,1-3H3,(H,23,24)/b11-9+.